The molecule has 0 bridgehead atoms. The summed E-state index contributed by atoms with van der Waals surface area (Å²) in [7, 11) is 0. The highest BCUT2D eigenvalue weighted by Crippen LogP contribution is 2.12. The number of allylic oxidation sites excluding steroid dienone is 1. The van der Waals surface area contributed by atoms with Crippen molar-refractivity contribution < 1.29 is 0 Å². The van der Waals surface area contributed by atoms with Crippen molar-refractivity contribution in [3.8, 4) is 6.07 Å². The molecule has 0 N–H and O–H groups in total. The van der Waals surface area contributed by atoms with Gasteiger partial charge in [-0.3, -0.25) is 0 Å². The average molecular weight is 206 g/mol. The van der Waals surface area contributed by atoms with E-state index < -0.39 is 0 Å². The molecule has 1 rings (SSSR count). The molecule has 1 aromatic carbocycles. The first-order chi connectivity index (χ1) is 6.80. The molecule has 0 unspecified atom stereocenters. The van der Waals surface area contributed by atoms with Crippen molar-refractivity contribution in [3.05, 3.63) is 41.0 Å². The largest absolute Gasteiger partial charge is 0.192 e. The number of halogens is 1. The molecule has 0 fully saturated rings. The number of hydrogen-bond acceptors (Lipinski definition) is 1. The van der Waals surface area contributed by atoms with Crippen LogP contribution in [0.5, 0.6) is 0 Å². The maximum atomic E-state index is 8.71. The second-order valence-corrected chi connectivity index (χ2v) is 3.29. The van der Waals surface area contributed by atoms with Crippen molar-refractivity contribution in [2.24, 2.45) is 0 Å². The maximum Gasteiger partial charge on any atom is 0.0991 e. The third-order valence-electron chi connectivity index (χ3n) is 2.01. The zero-order valence-electron chi connectivity index (χ0n) is 8.13. The quantitative estimate of drug-likeness (QED) is 0.692. The molecule has 1 nitrogen and oxygen atoms in total. The number of nitrogens with zero attached hydrogens (tertiary/aromatic N) is 1. The van der Waals surface area contributed by atoms with E-state index in [9.17, 15) is 0 Å². The van der Waals surface area contributed by atoms with Crippen LogP contribution in [0.2, 0.25) is 0 Å². The Morgan fingerprint density at radius 1 is 1.57 bits per heavy atom. The summed E-state index contributed by atoms with van der Waals surface area (Å²) >= 11 is 5.76. The van der Waals surface area contributed by atoms with Crippen molar-refractivity contribution in [1.29, 1.82) is 5.26 Å². The van der Waals surface area contributed by atoms with Gasteiger partial charge >= 0.3 is 0 Å². The van der Waals surface area contributed by atoms with E-state index in [1.807, 2.05) is 24.3 Å². The summed E-state index contributed by atoms with van der Waals surface area (Å²) in [6, 6.07) is 9.63. The van der Waals surface area contributed by atoms with Crippen molar-refractivity contribution in [2.45, 2.75) is 13.3 Å². The van der Waals surface area contributed by atoms with Crippen molar-refractivity contribution in [3.63, 3.8) is 0 Å². The summed E-state index contributed by atoms with van der Waals surface area (Å²) in [6.45, 7) is 2.07. The monoisotopic (exact) mass is 205 g/mol. The van der Waals surface area contributed by atoms with Gasteiger partial charge in [-0.2, -0.15) is 5.26 Å². The average Bonchev–Trinajstić information content (AvgIpc) is 2.26. The van der Waals surface area contributed by atoms with E-state index in [0.29, 0.717) is 11.4 Å². The van der Waals surface area contributed by atoms with Gasteiger partial charge in [0.05, 0.1) is 11.6 Å². The van der Waals surface area contributed by atoms with Gasteiger partial charge in [0.25, 0.3) is 0 Å². The molecule has 0 saturated heterocycles. The Labute approximate surface area is 89.6 Å². The number of nitriles is 1. The van der Waals surface area contributed by atoms with Crippen LogP contribution < -0.4 is 0 Å². The lowest BCUT2D eigenvalue weighted by Gasteiger charge is -1.99. The van der Waals surface area contributed by atoms with Gasteiger partial charge in [-0.05, 0) is 24.1 Å². The molecule has 0 aromatic heterocycles. The van der Waals surface area contributed by atoms with Crippen LogP contribution in [0, 0.1) is 11.3 Å². The van der Waals surface area contributed by atoms with Crippen LogP contribution in [-0.2, 0) is 0 Å². The predicted molar refractivity (Wildman–Crippen MR) is 60.1 cm³/mol. The van der Waals surface area contributed by atoms with Crippen molar-refractivity contribution in [1.82, 2.24) is 0 Å². The van der Waals surface area contributed by atoms with Crippen LogP contribution in [0.4, 0.5) is 0 Å². The van der Waals surface area contributed by atoms with Gasteiger partial charge in [-0.1, -0.05) is 30.7 Å². The smallest absolute Gasteiger partial charge is 0.0991 e. The van der Waals surface area contributed by atoms with Crippen LogP contribution in [0.3, 0.4) is 0 Å². The van der Waals surface area contributed by atoms with Crippen LogP contribution in [0.1, 0.15) is 24.5 Å². The number of hydrogen-bond donors (Lipinski definition) is 0. The van der Waals surface area contributed by atoms with Gasteiger partial charge in [0.1, 0.15) is 0 Å². The maximum absolute atomic E-state index is 8.71. The Morgan fingerprint density at radius 3 is 2.93 bits per heavy atom. The zero-order valence-corrected chi connectivity index (χ0v) is 8.88. The Bertz CT molecular complexity index is 368. The number of alkyl halides is 1. The molecule has 0 saturated carbocycles. The van der Waals surface area contributed by atoms with Crippen molar-refractivity contribution in [2.75, 3.05) is 5.88 Å². The molecule has 0 atom stereocenters. The molecule has 0 aliphatic carbocycles. The lowest BCUT2D eigenvalue weighted by Crippen LogP contribution is -1.83. The minimum absolute atomic E-state index is 0.549. The molecule has 0 spiro atoms. The highest BCUT2D eigenvalue weighted by atomic mass is 35.5. The lowest BCUT2D eigenvalue weighted by molar-refractivity contribution is 1.12. The Morgan fingerprint density at radius 2 is 2.36 bits per heavy atom. The lowest BCUT2D eigenvalue weighted by atomic mass is 10.1. The summed E-state index contributed by atoms with van der Waals surface area (Å²) in [5, 5.41) is 8.71. The summed E-state index contributed by atoms with van der Waals surface area (Å²) in [5.41, 5.74) is 2.91. The van der Waals surface area contributed by atoms with Crippen LogP contribution in [0.15, 0.2) is 29.8 Å². The third-order valence-corrected chi connectivity index (χ3v) is 2.36. The second kappa shape index (κ2) is 5.47. The molecule has 72 valence electrons. The summed E-state index contributed by atoms with van der Waals surface area (Å²) < 4.78 is 0. The first kappa shape index (κ1) is 10.8. The highest BCUT2D eigenvalue weighted by molar-refractivity contribution is 6.19. The van der Waals surface area contributed by atoms with Gasteiger partial charge in [0, 0.05) is 5.88 Å². The fourth-order valence-corrected chi connectivity index (χ4v) is 1.43. The van der Waals surface area contributed by atoms with E-state index in [0.717, 1.165) is 12.0 Å². The second-order valence-electron chi connectivity index (χ2n) is 3.03. The highest BCUT2D eigenvalue weighted by Gasteiger charge is 1.94. The summed E-state index contributed by atoms with van der Waals surface area (Å²) in [5.74, 6) is 0.549. The molecule has 0 aliphatic rings. The van der Waals surface area contributed by atoms with Gasteiger partial charge in [0.2, 0.25) is 0 Å². The van der Waals surface area contributed by atoms with Gasteiger partial charge in [-0.15, -0.1) is 11.6 Å². The van der Waals surface area contributed by atoms with E-state index in [1.165, 1.54) is 5.57 Å². The normalized spacial score (nSPS) is 11.1. The standard InChI is InChI=1S/C12H12ClN/c1-2-10(8-13)6-11-4-3-5-12(7-11)9-14/h3-7H,2,8H2,1H3. The van der Waals surface area contributed by atoms with E-state index in [2.05, 4.69) is 13.0 Å². The Kier molecular flexibility index (Phi) is 4.22. The minimum atomic E-state index is 0.549. The topological polar surface area (TPSA) is 23.8 Å². The minimum Gasteiger partial charge on any atom is -0.192 e. The predicted octanol–water partition coefficient (Wildman–Crippen LogP) is 3.59. The van der Waals surface area contributed by atoms with E-state index >= 15 is 0 Å². The van der Waals surface area contributed by atoms with Crippen LogP contribution in [-0.4, -0.2) is 5.88 Å². The molecule has 0 radical (unpaired) electrons. The van der Waals surface area contributed by atoms with Crippen molar-refractivity contribution >= 4 is 17.7 Å². The fraction of sp³-hybridized carbons (Fsp3) is 0.250. The number of benzene rings is 1. The fourth-order valence-electron chi connectivity index (χ4n) is 1.17. The third kappa shape index (κ3) is 2.90. The van der Waals surface area contributed by atoms with E-state index in [1.54, 1.807) is 6.07 Å². The molecule has 1 aromatic rings. The summed E-state index contributed by atoms with van der Waals surface area (Å²) in [4.78, 5) is 0. The molecule has 0 aliphatic heterocycles. The zero-order chi connectivity index (χ0) is 10.4. The van der Waals surface area contributed by atoms with Gasteiger partial charge in [-0.25, -0.2) is 0 Å². The number of rotatable bonds is 3. The SMILES string of the molecule is CCC(=Cc1cccc(C#N)c1)CCl. The first-order valence-electron chi connectivity index (χ1n) is 4.55. The molecule has 0 amide bonds. The van der Waals surface area contributed by atoms with E-state index in [-0.39, 0.29) is 0 Å². The van der Waals surface area contributed by atoms with Crippen LogP contribution in [0.25, 0.3) is 6.08 Å². The summed E-state index contributed by atoms with van der Waals surface area (Å²) in [6.07, 6.45) is 2.98. The molecule has 14 heavy (non-hydrogen) atoms. The Balaban J connectivity index is 2.97. The van der Waals surface area contributed by atoms with Gasteiger partial charge in [0.15, 0.2) is 0 Å². The first-order valence-corrected chi connectivity index (χ1v) is 5.09. The Hall–Kier alpha value is -1.26. The molecular weight excluding hydrogens is 194 g/mol. The molecule has 2 heteroatoms. The molecular formula is C12H12ClN. The van der Waals surface area contributed by atoms with E-state index in [4.69, 9.17) is 16.9 Å². The van der Waals surface area contributed by atoms with Crippen LogP contribution >= 0.6 is 11.6 Å². The molecule has 0 heterocycles. The van der Waals surface area contributed by atoms with Gasteiger partial charge < -0.3 is 0 Å².